The summed E-state index contributed by atoms with van der Waals surface area (Å²) in [6.07, 6.45) is 0.975. The Kier molecular flexibility index (Phi) is 5.80. The first-order valence-corrected chi connectivity index (χ1v) is 5.88. The molecule has 1 atom stereocenters. The quantitative estimate of drug-likeness (QED) is 0.710. The Morgan fingerprint density at radius 2 is 2.06 bits per heavy atom. The molecule has 0 fully saturated rings. The van der Waals surface area contributed by atoms with Gasteiger partial charge in [0.1, 0.15) is 11.5 Å². The summed E-state index contributed by atoms with van der Waals surface area (Å²) in [5, 5.41) is 3.41. The maximum absolute atomic E-state index is 5.47. The Morgan fingerprint density at radius 1 is 1.29 bits per heavy atom. The predicted octanol–water partition coefficient (Wildman–Crippen LogP) is 1.70. The standard InChI is InChI=1S/C13H22N2O2/c1-10(15-8-4-7-14)12-6-5-11(16-2)9-13(12)17-3/h5-6,9-10,15H,4,7-8,14H2,1-3H3. The van der Waals surface area contributed by atoms with Crippen LogP contribution in [0.2, 0.25) is 0 Å². The highest BCUT2D eigenvalue weighted by atomic mass is 16.5. The Bertz CT molecular complexity index is 342. The van der Waals surface area contributed by atoms with Crippen molar-refractivity contribution in [2.45, 2.75) is 19.4 Å². The third kappa shape index (κ3) is 3.91. The Hall–Kier alpha value is -1.26. The number of benzene rings is 1. The average Bonchev–Trinajstić information content (AvgIpc) is 2.38. The Morgan fingerprint density at radius 3 is 2.65 bits per heavy atom. The number of hydrogen-bond donors (Lipinski definition) is 2. The van der Waals surface area contributed by atoms with E-state index < -0.39 is 0 Å². The fourth-order valence-electron chi connectivity index (χ4n) is 1.71. The molecule has 3 N–H and O–H groups in total. The number of nitrogens with two attached hydrogens (primary N) is 1. The van der Waals surface area contributed by atoms with E-state index in [-0.39, 0.29) is 6.04 Å². The van der Waals surface area contributed by atoms with Crippen LogP contribution in [-0.2, 0) is 0 Å². The molecule has 17 heavy (non-hydrogen) atoms. The van der Waals surface area contributed by atoms with E-state index in [9.17, 15) is 0 Å². The second-order valence-electron chi connectivity index (χ2n) is 3.93. The number of rotatable bonds is 7. The van der Waals surface area contributed by atoms with Gasteiger partial charge in [0.2, 0.25) is 0 Å². The van der Waals surface area contributed by atoms with Gasteiger partial charge in [-0.05, 0) is 32.5 Å². The summed E-state index contributed by atoms with van der Waals surface area (Å²) in [5.74, 6) is 1.65. The summed E-state index contributed by atoms with van der Waals surface area (Å²) in [7, 11) is 3.32. The van der Waals surface area contributed by atoms with Crippen molar-refractivity contribution in [1.82, 2.24) is 5.32 Å². The lowest BCUT2D eigenvalue weighted by Crippen LogP contribution is -2.22. The highest BCUT2D eigenvalue weighted by molar-refractivity contribution is 5.42. The molecule has 0 aromatic heterocycles. The van der Waals surface area contributed by atoms with Crippen LogP contribution in [0, 0.1) is 0 Å². The second-order valence-corrected chi connectivity index (χ2v) is 3.93. The number of nitrogens with one attached hydrogen (secondary N) is 1. The summed E-state index contributed by atoms with van der Waals surface area (Å²) < 4.78 is 10.5. The highest BCUT2D eigenvalue weighted by Crippen LogP contribution is 2.29. The van der Waals surface area contributed by atoms with Gasteiger partial charge in [0.05, 0.1) is 14.2 Å². The summed E-state index contributed by atoms with van der Waals surface area (Å²) in [4.78, 5) is 0. The van der Waals surface area contributed by atoms with Crippen molar-refractivity contribution in [2.24, 2.45) is 5.73 Å². The van der Waals surface area contributed by atoms with Crippen LogP contribution in [0.25, 0.3) is 0 Å². The van der Waals surface area contributed by atoms with E-state index in [0.717, 1.165) is 30.0 Å². The zero-order valence-electron chi connectivity index (χ0n) is 10.8. The van der Waals surface area contributed by atoms with Crippen molar-refractivity contribution in [3.05, 3.63) is 23.8 Å². The van der Waals surface area contributed by atoms with E-state index in [1.54, 1.807) is 14.2 Å². The van der Waals surface area contributed by atoms with E-state index in [0.29, 0.717) is 6.54 Å². The van der Waals surface area contributed by atoms with E-state index >= 15 is 0 Å². The van der Waals surface area contributed by atoms with Gasteiger partial charge in [0.15, 0.2) is 0 Å². The third-order valence-corrected chi connectivity index (χ3v) is 2.74. The summed E-state index contributed by atoms with van der Waals surface area (Å²) in [6.45, 7) is 3.73. The number of methoxy groups -OCH3 is 2. The monoisotopic (exact) mass is 238 g/mol. The lowest BCUT2D eigenvalue weighted by Gasteiger charge is -2.17. The molecule has 0 saturated carbocycles. The topological polar surface area (TPSA) is 56.5 Å². The number of hydrogen-bond acceptors (Lipinski definition) is 4. The fourth-order valence-corrected chi connectivity index (χ4v) is 1.71. The number of ether oxygens (including phenoxy) is 2. The molecule has 1 rings (SSSR count). The normalized spacial score (nSPS) is 12.2. The molecule has 0 spiro atoms. The maximum Gasteiger partial charge on any atom is 0.127 e. The molecule has 0 amide bonds. The smallest absolute Gasteiger partial charge is 0.127 e. The molecule has 1 aromatic carbocycles. The van der Waals surface area contributed by atoms with Crippen LogP contribution in [0.3, 0.4) is 0 Å². The van der Waals surface area contributed by atoms with Crippen molar-refractivity contribution in [1.29, 1.82) is 0 Å². The molecule has 1 unspecified atom stereocenters. The maximum atomic E-state index is 5.47. The van der Waals surface area contributed by atoms with Gasteiger partial charge in [0.25, 0.3) is 0 Å². The zero-order valence-corrected chi connectivity index (χ0v) is 10.8. The highest BCUT2D eigenvalue weighted by Gasteiger charge is 2.11. The zero-order chi connectivity index (χ0) is 12.7. The van der Waals surface area contributed by atoms with Crippen LogP contribution in [0.4, 0.5) is 0 Å². The first-order chi connectivity index (χ1) is 8.22. The van der Waals surface area contributed by atoms with Crippen molar-refractivity contribution in [2.75, 3.05) is 27.3 Å². The SMILES string of the molecule is COc1ccc(C(C)NCCCN)c(OC)c1. The summed E-state index contributed by atoms with van der Waals surface area (Å²) in [6, 6.07) is 6.11. The molecular weight excluding hydrogens is 216 g/mol. The first-order valence-electron chi connectivity index (χ1n) is 5.88. The van der Waals surface area contributed by atoms with Crippen LogP contribution in [0.15, 0.2) is 18.2 Å². The van der Waals surface area contributed by atoms with Crippen LogP contribution >= 0.6 is 0 Å². The van der Waals surface area contributed by atoms with Crippen LogP contribution < -0.4 is 20.5 Å². The van der Waals surface area contributed by atoms with Crippen molar-refractivity contribution in [3.8, 4) is 11.5 Å². The van der Waals surface area contributed by atoms with Gasteiger partial charge in [-0.3, -0.25) is 0 Å². The molecule has 4 heteroatoms. The molecule has 0 aliphatic carbocycles. The van der Waals surface area contributed by atoms with E-state index in [1.807, 2.05) is 18.2 Å². The lowest BCUT2D eigenvalue weighted by atomic mass is 10.1. The van der Waals surface area contributed by atoms with Crippen molar-refractivity contribution < 1.29 is 9.47 Å². The second kappa shape index (κ2) is 7.14. The third-order valence-electron chi connectivity index (χ3n) is 2.74. The molecule has 96 valence electrons. The van der Waals surface area contributed by atoms with Gasteiger partial charge in [-0.15, -0.1) is 0 Å². The fraction of sp³-hybridized carbons (Fsp3) is 0.538. The molecule has 4 nitrogen and oxygen atoms in total. The van der Waals surface area contributed by atoms with E-state index in [2.05, 4.69) is 12.2 Å². The van der Waals surface area contributed by atoms with Crippen molar-refractivity contribution >= 4 is 0 Å². The summed E-state index contributed by atoms with van der Waals surface area (Å²) in [5.41, 5.74) is 6.60. The minimum Gasteiger partial charge on any atom is -0.497 e. The van der Waals surface area contributed by atoms with Gasteiger partial charge in [-0.25, -0.2) is 0 Å². The van der Waals surface area contributed by atoms with E-state index in [1.165, 1.54) is 0 Å². The van der Waals surface area contributed by atoms with Gasteiger partial charge < -0.3 is 20.5 Å². The lowest BCUT2D eigenvalue weighted by molar-refractivity contribution is 0.386. The first kappa shape index (κ1) is 13.8. The molecule has 0 heterocycles. The van der Waals surface area contributed by atoms with Crippen LogP contribution in [0.5, 0.6) is 11.5 Å². The predicted molar refractivity (Wildman–Crippen MR) is 69.6 cm³/mol. The largest absolute Gasteiger partial charge is 0.497 e. The van der Waals surface area contributed by atoms with Gasteiger partial charge in [-0.1, -0.05) is 6.07 Å². The summed E-state index contributed by atoms with van der Waals surface area (Å²) >= 11 is 0. The Balaban J connectivity index is 2.74. The van der Waals surface area contributed by atoms with Crippen molar-refractivity contribution in [3.63, 3.8) is 0 Å². The molecule has 0 aliphatic rings. The van der Waals surface area contributed by atoms with Gasteiger partial charge in [-0.2, -0.15) is 0 Å². The van der Waals surface area contributed by atoms with Gasteiger partial charge in [0, 0.05) is 17.7 Å². The molecule has 0 radical (unpaired) electrons. The minimum absolute atomic E-state index is 0.238. The molecule has 1 aromatic rings. The minimum atomic E-state index is 0.238. The Labute approximate surface area is 103 Å². The van der Waals surface area contributed by atoms with E-state index in [4.69, 9.17) is 15.2 Å². The molecule has 0 saturated heterocycles. The van der Waals surface area contributed by atoms with Gasteiger partial charge >= 0.3 is 0 Å². The molecular formula is C13H22N2O2. The van der Waals surface area contributed by atoms with Crippen LogP contribution in [-0.4, -0.2) is 27.3 Å². The average molecular weight is 238 g/mol. The van der Waals surface area contributed by atoms with Crippen LogP contribution in [0.1, 0.15) is 24.9 Å². The molecule has 0 bridgehead atoms. The molecule has 0 aliphatic heterocycles.